The molecule has 0 aliphatic heterocycles. The number of anilines is 2. The van der Waals surface area contributed by atoms with Crippen molar-refractivity contribution in [3.63, 3.8) is 0 Å². The van der Waals surface area contributed by atoms with Crippen molar-refractivity contribution >= 4 is 49.9 Å². The topological polar surface area (TPSA) is 50.7 Å². The van der Waals surface area contributed by atoms with Gasteiger partial charge in [-0.15, -0.1) is 0 Å². The zero-order valence-electron chi connectivity index (χ0n) is 9.64. The van der Waals surface area contributed by atoms with Crippen LogP contribution in [-0.2, 0) is 0 Å². The van der Waals surface area contributed by atoms with Gasteiger partial charge in [0.2, 0.25) is 5.28 Å². The number of nitrogens with one attached hydrogen (secondary N) is 1. The standard InChI is InChI=1S/C13H8BrClN4/c14-9-7-17-13(15)19-12(9)18-10-5-1-3-8-4-2-6-16-11(8)10/h1-7H,(H,17,18,19). The van der Waals surface area contributed by atoms with Crippen LogP contribution in [0.1, 0.15) is 0 Å². The Morgan fingerprint density at radius 1 is 1.11 bits per heavy atom. The molecule has 0 bridgehead atoms. The Hall–Kier alpha value is -1.72. The highest BCUT2D eigenvalue weighted by atomic mass is 79.9. The first-order chi connectivity index (χ1) is 9.24. The third-order valence-electron chi connectivity index (χ3n) is 2.60. The maximum absolute atomic E-state index is 5.80. The largest absolute Gasteiger partial charge is 0.337 e. The fourth-order valence-electron chi connectivity index (χ4n) is 1.77. The molecular formula is C13H8BrClN4. The summed E-state index contributed by atoms with van der Waals surface area (Å²) in [5, 5.41) is 4.46. The van der Waals surface area contributed by atoms with Crippen LogP contribution in [0.3, 0.4) is 0 Å². The van der Waals surface area contributed by atoms with Crippen LogP contribution in [0.5, 0.6) is 0 Å². The lowest BCUT2D eigenvalue weighted by atomic mass is 10.2. The molecule has 0 aliphatic rings. The number of fused-ring (bicyclic) bond motifs is 1. The molecule has 0 spiro atoms. The Kier molecular flexibility index (Phi) is 3.31. The van der Waals surface area contributed by atoms with E-state index >= 15 is 0 Å². The molecule has 0 unspecified atom stereocenters. The Morgan fingerprint density at radius 2 is 1.95 bits per heavy atom. The minimum Gasteiger partial charge on any atom is -0.337 e. The lowest BCUT2D eigenvalue weighted by Crippen LogP contribution is -1.97. The number of halogens is 2. The van der Waals surface area contributed by atoms with Gasteiger partial charge in [-0.25, -0.2) is 4.98 Å². The molecule has 3 rings (SSSR count). The molecule has 1 aromatic carbocycles. The van der Waals surface area contributed by atoms with Crippen LogP contribution >= 0.6 is 27.5 Å². The quantitative estimate of drug-likeness (QED) is 0.714. The second-order valence-corrected chi connectivity index (χ2v) is 5.03. The maximum Gasteiger partial charge on any atom is 0.224 e. The molecule has 0 aliphatic carbocycles. The number of para-hydroxylation sites is 1. The summed E-state index contributed by atoms with van der Waals surface area (Å²) in [5.41, 5.74) is 1.75. The number of rotatable bonds is 2. The highest BCUT2D eigenvalue weighted by Crippen LogP contribution is 2.27. The Bertz CT molecular complexity index is 742. The predicted octanol–water partition coefficient (Wildman–Crippen LogP) is 4.18. The van der Waals surface area contributed by atoms with Gasteiger partial charge in [0.15, 0.2) is 0 Å². The summed E-state index contributed by atoms with van der Waals surface area (Å²) >= 11 is 9.19. The fraction of sp³-hybridized carbons (Fsp3) is 0. The van der Waals surface area contributed by atoms with Crippen molar-refractivity contribution in [2.24, 2.45) is 0 Å². The summed E-state index contributed by atoms with van der Waals surface area (Å²) < 4.78 is 0.741. The van der Waals surface area contributed by atoms with Gasteiger partial charge in [-0.05, 0) is 39.7 Å². The minimum atomic E-state index is 0.193. The van der Waals surface area contributed by atoms with Crippen LogP contribution < -0.4 is 5.32 Å². The maximum atomic E-state index is 5.80. The van der Waals surface area contributed by atoms with E-state index in [1.807, 2.05) is 30.3 Å². The van der Waals surface area contributed by atoms with E-state index in [-0.39, 0.29) is 5.28 Å². The highest BCUT2D eigenvalue weighted by molar-refractivity contribution is 9.10. The first-order valence-electron chi connectivity index (χ1n) is 5.53. The van der Waals surface area contributed by atoms with E-state index in [9.17, 15) is 0 Å². The molecule has 2 heterocycles. The summed E-state index contributed by atoms with van der Waals surface area (Å²) in [6.07, 6.45) is 3.37. The molecule has 0 saturated heterocycles. The van der Waals surface area contributed by atoms with E-state index in [0.29, 0.717) is 5.82 Å². The van der Waals surface area contributed by atoms with Gasteiger partial charge >= 0.3 is 0 Å². The summed E-state index contributed by atoms with van der Waals surface area (Å²) in [5.74, 6) is 0.609. The number of benzene rings is 1. The molecule has 94 valence electrons. The van der Waals surface area contributed by atoms with Crippen molar-refractivity contribution in [2.75, 3.05) is 5.32 Å². The minimum absolute atomic E-state index is 0.193. The molecule has 19 heavy (non-hydrogen) atoms. The van der Waals surface area contributed by atoms with E-state index < -0.39 is 0 Å². The first kappa shape index (κ1) is 12.3. The van der Waals surface area contributed by atoms with Crippen molar-refractivity contribution in [3.8, 4) is 0 Å². The smallest absolute Gasteiger partial charge is 0.224 e. The van der Waals surface area contributed by atoms with Crippen molar-refractivity contribution in [2.45, 2.75) is 0 Å². The Balaban J connectivity index is 2.08. The second-order valence-electron chi connectivity index (χ2n) is 3.84. The van der Waals surface area contributed by atoms with Crippen LogP contribution in [0, 0.1) is 0 Å². The Labute approximate surface area is 123 Å². The number of nitrogens with zero attached hydrogens (tertiary/aromatic N) is 3. The van der Waals surface area contributed by atoms with Crippen LogP contribution in [-0.4, -0.2) is 15.0 Å². The number of aromatic nitrogens is 3. The second kappa shape index (κ2) is 5.11. The van der Waals surface area contributed by atoms with Gasteiger partial charge in [0.05, 0.1) is 15.7 Å². The average molecular weight is 336 g/mol. The zero-order chi connectivity index (χ0) is 13.2. The van der Waals surface area contributed by atoms with E-state index in [2.05, 4.69) is 36.2 Å². The molecule has 0 atom stereocenters. The van der Waals surface area contributed by atoms with Gasteiger partial charge in [-0.3, -0.25) is 4.98 Å². The van der Waals surface area contributed by atoms with Crippen molar-refractivity contribution in [3.05, 3.63) is 52.5 Å². The van der Waals surface area contributed by atoms with Crippen molar-refractivity contribution in [1.29, 1.82) is 0 Å². The summed E-state index contributed by atoms with van der Waals surface area (Å²) in [7, 11) is 0. The molecule has 0 fully saturated rings. The fourth-order valence-corrected chi connectivity index (χ4v) is 2.19. The third kappa shape index (κ3) is 2.52. The summed E-state index contributed by atoms with van der Waals surface area (Å²) in [4.78, 5) is 12.4. The zero-order valence-corrected chi connectivity index (χ0v) is 12.0. The Morgan fingerprint density at radius 3 is 2.84 bits per heavy atom. The monoisotopic (exact) mass is 334 g/mol. The average Bonchev–Trinajstić information content (AvgIpc) is 2.43. The molecule has 1 N–H and O–H groups in total. The molecular weight excluding hydrogens is 328 g/mol. The lowest BCUT2D eigenvalue weighted by Gasteiger charge is -2.09. The summed E-state index contributed by atoms with van der Waals surface area (Å²) in [6, 6.07) is 9.83. The number of hydrogen-bond donors (Lipinski definition) is 1. The van der Waals surface area contributed by atoms with Gasteiger partial charge in [0.1, 0.15) is 5.82 Å². The van der Waals surface area contributed by atoms with Gasteiger partial charge in [-0.2, -0.15) is 4.98 Å². The van der Waals surface area contributed by atoms with Gasteiger partial charge in [0, 0.05) is 17.8 Å². The van der Waals surface area contributed by atoms with E-state index in [4.69, 9.17) is 11.6 Å². The van der Waals surface area contributed by atoms with Crippen LogP contribution in [0.2, 0.25) is 5.28 Å². The molecule has 4 nitrogen and oxygen atoms in total. The van der Waals surface area contributed by atoms with Gasteiger partial charge < -0.3 is 5.32 Å². The first-order valence-corrected chi connectivity index (χ1v) is 6.70. The van der Waals surface area contributed by atoms with Crippen LogP contribution in [0.25, 0.3) is 10.9 Å². The third-order valence-corrected chi connectivity index (χ3v) is 3.36. The van der Waals surface area contributed by atoms with E-state index in [1.165, 1.54) is 0 Å². The molecule has 3 aromatic rings. The SMILES string of the molecule is Clc1ncc(Br)c(Nc2cccc3cccnc23)n1. The van der Waals surface area contributed by atoms with Crippen molar-refractivity contribution in [1.82, 2.24) is 15.0 Å². The number of pyridine rings is 1. The molecule has 0 saturated carbocycles. The van der Waals surface area contributed by atoms with E-state index in [1.54, 1.807) is 12.4 Å². The highest BCUT2D eigenvalue weighted by Gasteiger charge is 2.07. The normalized spacial score (nSPS) is 10.6. The van der Waals surface area contributed by atoms with Gasteiger partial charge in [0.25, 0.3) is 0 Å². The lowest BCUT2D eigenvalue weighted by molar-refractivity contribution is 1.15. The van der Waals surface area contributed by atoms with Crippen LogP contribution in [0.4, 0.5) is 11.5 Å². The molecule has 6 heteroatoms. The van der Waals surface area contributed by atoms with E-state index in [0.717, 1.165) is 21.1 Å². The molecule has 0 radical (unpaired) electrons. The summed E-state index contributed by atoms with van der Waals surface area (Å²) in [6.45, 7) is 0. The predicted molar refractivity (Wildman–Crippen MR) is 79.8 cm³/mol. The van der Waals surface area contributed by atoms with Crippen molar-refractivity contribution < 1.29 is 0 Å². The van der Waals surface area contributed by atoms with Gasteiger partial charge in [-0.1, -0.05) is 18.2 Å². The number of hydrogen-bond acceptors (Lipinski definition) is 4. The molecule has 0 amide bonds. The van der Waals surface area contributed by atoms with Crippen LogP contribution in [0.15, 0.2) is 47.2 Å². The molecule has 2 aromatic heterocycles.